The number of hydrogen-bond acceptors (Lipinski definition) is 4. The van der Waals surface area contributed by atoms with E-state index in [1.54, 1.807) is 12.1 Å². The van der Waals surface area contributed by atoms with Crippen molar-refractivity contribution < 1.29 is 14.6 Å². The van der Waals surface area contributed by atoms with Crippen LogP contribution in [0.2, 0.25) is 0 Å². The number of morpholine rings is 1. The second-order valence-corrected chi connectivity index (χ2v) is 5.80. The van der Waals surface area contributed by atoms with Crippen LogP contribution >= 0.6 is 0 Å². The van der Waals surface area contributed by atoms with Crippen LogP contribution in [0.5, 0.6) is 0 Å². The maximum Gasteiger partial charge on any atom is 0.337 e. The molecule has 1 saturated carbocycles. The fraction of sp³-hybridized carbons (Fsp3) is 0.562. The van der Waals surface area contributed by atoms with Gasteiger partial charge in [-0.2, -0.15) is 0 Å². The van der Waals surface area contributed by atoms with Crippen molar-refractivity contribution in [3.8, 4) is 0 Å². The monoisotopic (exact) mass is 290 g/mol. The molecule has 5 heteroatoms. The van der Waals surface area contributed by atoms with Gasteiger partial charge in [0, 0.05) is 25.7 Å². The van der Waals surface area contributed by atoms with Crippen LogP contribution in [0.3, 0.4) is 0 Å². The van der Waals surface area contributed by atoms with Crippen molar-refractivity contribution in [1.82, 2.24) is 5.32 Å². The molecule has 0 radical (unpaired) electrons. The molecule has 1 aliphatic heterocycles. The molecule has 2 fully saturated rings. The molecule has 0 aromatic heterocycles. The fourth-order valence-electron chi connectivity index (χ4n) is 2.90. The third-order valence-corrected chi connectivity index (χ3v) is 4.35. The second kappa shape index (κ2) is 6.45. The number of carboxylic acid groups (broad SMARTS) is 1. The first-order valence-corrected chi connectivity index (χ1v) is 7.66. The lowest BCUT2D eigenvalue weighted by atomic mass is 9.93. The Kier molecular flexibility index (Phi) is 4.41. The Bertz CT molecular complexity index is 502. The Morgan fingerprint density at radius 2 is 2.19 bits per heavy atom. The highest BCUT2D eigenvalue weighted by molar-refractivity contribution is 5.94. The van der Waals surface area contributed by atoms with Crippen LogP contribution < -0.4 is 10.2 Å². The summed E-state index contributed by atoms with van der Waals surface area (Å²) in [6, 6.07) is 7.84. The van der Waals surface area contributed by atoms with Crippen LogP contribution in [0.4, 0.5) is 5.69 Å². The van der Waals surface area contributed by atoms with Crippen molar-refractivity contribution >= 4 is 11.7 Å². The summed E-state index contributed by atoms with van der Waals surface area (Å²) >= 11 is 0. The van der Waals surface area contributed by atoms with E-state index in [9.17, 15) is 9.90 Å². The summed E-state index contributed by atoms with van der Waals surface area (Å²) in [6.07, 6.45) is 3.97. The van der Waals surface area contributed by atoms with Crippen LogP contribution in [0, 0.1) is 0 Å². The summed E-state index contributed by atoms with van der Waals surface area (Å²) in [5.74, 6) is -0.874. The Labute approximate surface area is 124 Å². The summed E-state index contributed by atoms with van der Waals surface area (Å²) in [5.41, 5.74) is 1.16. The van der Waals surface area contributed by atoms with E-state index >= 15 is 0 Å². The molecule has 1 aliphatic carbocycles. The quantitative estimate of drug-likeness (QED) is 0.865. The number of anilines is 1. The Balaban J connectivity index is 1.63. The van der Waals surface area contributed by atoms with Crippen LogP contribution in [-0.4, -0.2) is 49.5 Å². The normalized spacial score (nSPS) is 22.9. The molecule has 0 spiro atoms. The number of ether oxygens (including phenoxy) is 1. The molecule has 2 N–H and O–H groups in total. The van der Waals surface area contributed by atoms with Gasteiger partial charge in [-0.05, 0) is 25.0 Å². The van der Waals surface area contributed by atoms with Crippen molar-refractivity contribution in [1.29, 1.82) is 0 Å². The van der Waals surface area contributed by atoms with Gasteiger partial charge in [-0.1, -0.05) is 18.6 Å². The van der Waals surface area contributed by atoms with E-state index in [4.69, 9.17) is 4.74 Å². The van der Waals surface area contributed by atoms with Gasteiger partial charge in [0.2, 0.25) is 0 Å². The Morgan fingerprint density at radius 3 is 2.90 bits per heavy atom. The predicted octanol–water partition coefficient (Wildman–Crippen LogP) is 1.73. The largest absolute Gasteiger partial charge is 0.478 e. The summed E-state index contributed by atoms with van der Waals surface area (Å²) < 4.78 is 5.80. The second-order valence-electron chi connectivity index (χ2n) is 5.80. The Morgan fingerprint density at radius 1 is 1.38 bits per heavy atom. The van der Waals surface area contributed by atoms with Gasteiger partial charge >= 0.3 is 5.97 Å². The molecule has 0 amide bonds. The first kappa shape index (κ1) is 14.4. The molecule has 1 heterocycles. The first-order valence-electron chi connectivity index (χ1n) is 7.66. The van der Waals surface area contributed by atoms with E-state index < -0.39 is 5.97 Å². The van der Waals surface area contributed by atoms with Crippen LogP contribution in [0.15, 0.2) is 24.3 Å². The number of carbonyl (C=O) groups is 1. The molecule has 1 aromatic carbocycles. The molecule has 1 aromatic rings. The maximum absolute atomic E-state index is 11.3. The van der Waals surface area contributed by atoms with E-state index in [-0.39, 0.29) is 6.10 Å². The lowest BCUT2D eigenvalue weighted by Gasteiger charge is -2.36. The highest BCUT2D eigenvalue weighted by Crippen LogP contribution is 2.23. The Hall–Kier alpha value is -1.59. The molecule has 2 aliphatic rings. The van der Waals surface area contributed by atoms with Gasteiger partial charge in [-0.15, -0.1) is 0 Å². The zero-order valence-corrected chi connectivity index (χ0v) is 12.1. The minimum Gasteiger partial charge on any atom is -0.478 e. The predicted molar refractivity (Wildman–Crippen MR) is 81.0 cm³/mol. The molecule has 114 valence electrons. The first-order chi connectivity index (χ1) is 10.2. The SMILES string of the molecule is O=C(O)c1ccccc1N1CCO[C@H](CNC2CCC2)C1. The number of rotatable bonds is 5. The van der Waals surface area contributed by atoms with Gasteiger partial charge in [0.05, 0.1) is 24.0 Å². The molecule has 21 heavy (non-hydrogen) atoms. The molecular formula is C16H22N2O3. The minimum absolute atomic E-state index is 0.126. The van der Waals surface area contributed by atoms with Gasteiger partial charge in [-0.25, -0.2) is 4.79 Å². The molecule has 0 bridgehead atoms. The van der Waals surface area contributed by atoms with Gasteiger partial charge in [0.1, 0.15) is 0 Å². The van der Waals surface area contributed by atoms with Crippen molar-refractivity contribution in [2.75, 3.05) is 31.1 Å². The summed E-state index contributed by atoms with van der Waals surface area (Å²) in [4.78, 5) is 13.5. The van der Waals surface area contributed by atoms with E-state index in [1.807, 2.05) is 12.1 Å². The highest BCUT2D eigenvalue weighted by Gasteiger charge is 2.25. The van der Waals surface area contributed by atoms with Gasteiger partial charge in [-0.3, -0.25) is 0 Å². The van der Waals surface area contributed by atoms with Crippen molar-refractivity contribution in [3.63, 3.8) is 0 Å². The van der Waals surface area contributed by atoms with Gasteiger partial charge < -0.3 is 20.1 Å². The van der Waals surface area contributed by atoms with E-state index in [2.05, 4.69) is 10.2 Å². The van der Waals surface area contributed by atoms with E-state index in [0.717, 1.165) is 25.3 Å². The average Bonchev–Trinajstić information content (AvgIpc) is 2.46. The summed E-state index contributed by atoms with van der Waals surface area (Å²) in [5, 5.41) is 12.8. The molecule has 1 atom stereocenters. The lowest BCUT2D eigenvalue weighted by Crippen LogP contribution is -2.49. The van der Waals surface area contributed by atoms with Crippen LogP contribution in [-0.2, 0) is 4.74 Å². The molecule has 0 unspecified atom stereocenters. The summed E-state index contributed by atoms with van der Waals surface area (Å²) in [6.45, 7) is 2.97. The number of carboxylic acids is 1. The number of nitrogens with one attached hydrogen (secondary N) is 1. The molecule has 3 rings (SSSR count). The number of hydrogen-bond donors (Lipinski definition) is 2. The molecule has 5 nitrogen and oxygen atoms in total. The fourth-order valence-corrected chi connectivity index (χ4v) is 2.90. The topological polar surface area (TPSA) is 61.8 Å². The average molecular weight is 290 g/mol. The number of aromatic carboxylic acids is 1. The zero-order chi connectivity index (χ0) is 14.7. The van der Waals surface area contributed by atoms with Crippen molar-refractivity contribution in [2.45, 2.75) is 31.4 Å². The number of benzene rings is 1. The zero-order valence-electron chi connectivity index (χ0n) is 12.1. The van der Waals surface area contributed by atoms with Crippen LogP contribution in [0.25, 0.3) is 0 Å². The minimum atomic E-state index is -0.874. The lowest BCUT2D eigenvalue weighted by molar-refractivity contribution is 0.0370. The number of nitrogens with zero attached hydrogens (tertiary/aromatic N) is 1. The van der Waals surface area contributed by atoms with Crippen molar-refractivity contribution in [3.05, 3.63) is 29.8 Å². The van der Waals surface area contributed by atoms with Crippen molar-refractivity contribution in [2.24, 2.45) is 0 Å². The molecular weight excluding hydrogens is 268 g/mol. The maximum atomic E-state index is 11.3. The molecule has 1 saturated heterocycles. The third kappa shape index (κ3) is 3.36. The standard InChI is InChI=1S/C16H22N2O3/c19-16(20)14-6-1-2-7-15(14)18-8-9-21-13(11-18)10-17-12-4-3-5-12/h1-2,6-7,12-13,17H,3-5,8-11H2,(H,19,20)/t13-/m1/s1. The van der Waals surface area contributed by atoms with Gasteiger partial charge in [0.15, 0.2) is 0 Å². The third-order valence-electron chi connectivity index (χ3n) is 4.35. The van der Waals surface area contributed by atoms with Crippen LogP contribution in [0.1, 0.15) is 29.6 Å². The van der Waals surface area contributed by atoms with E-state index in [1.165, 1.54) is 19.3 Å². The van der Waals surface area contributed by atoms with Gasteiger partial charge in [0.25, 0.3) is 0 Å². The highest BCUT2D eigenvalue weighted by atomic mass is 16.5. The smallest absolute Gasteiger partial charge is 0.337 e. The summed E-state index contributed by atoms with van der Waals surface area (Å²) in [7, 11) is 0. The van der Waals surface area contributed by atoms with E-state index in [0.29, 0.717) is 18.2 Å². The number of para-hydroxylation sites is 1.